The smallest absolute Gasteiger partial charge is 0.411 e. The molecule has 0 unspecified atom stereocenters. The number of nitrogens with zero attached hydrogens (tertiary/aromatic N) is 1. The molecule has 0 bridgehead atoms. The van der Waals surface area contributed by atoms with Gasteiger partial charge in [-0.2, -0.15) is 0 Å². The molecule has 1 aliphatic heterocycles. The molecule has 1 amide bonds. The highest BCUT2D eigenvalue weighted by Crippen LogP contribution is 2.44. The summed E-state index contributed by atoms with van der Waals surface area (Å²) >= 11 is 3.43. The van der Waals surface area contributed by atoms with E-state index in [1.54, 1.807) is 17.0 Å². The number of halogens is 2. The van der Waals surface area contributed by atoms with Gasteiger partial charge < -0.3 is 9.64 Å². The maximum atomic E-state index is 13.6. The third kappa shape index (κ3) is 6.55. The van der Waals surface area contributed by atoms with Crippen LogP contribution in [0.5, 0.6) is 0 Å². The van der Waals surface area contributed by atoms with Gasteiger partial charge in [-0.15, -0.1) is 0 Å². The molecular formula is C24H30BrFN2O4S. The van der Waals surface area contributed by atoms with Crippen LogP contribution < -0.4 is 4.72 Å². The Morgan fingerprint density at radius 3 is 2.33 bits per heavy atom. The quantitative estimate of drug-likeness (QED) is 0.489. The topological polar surface area (TPSA) is 75.7 Å². The Hall–Kier alpha value is -1.97. The molecule has 0 aliphatic carbocycles. The van der Waals surface area contributed by atoms with Gasteiger partial charge in [0.1, 0.15) is 11.4 Å². The Bertz CT molecular complexity index is 1090. The van der Waals surface area contributed by atoms with E-state index in [1.807, 2.05) is 45.0 Å². The summed E-state index contributed by atoms with van der Waals surface area (Å²) in [5, 5.41) is 0. The second kappa shape index (κ2) is 9.72. The van der Waals surface area contributed by atoms with Crippen molar-refractivity contribution in [2.45, 2.75) is 45.3 Å². The van der Waals surface area contributed by atoms with E-state index in [2.05, 4.69) is 20.7 Å². The fourth-order valence-electron chi connectivity index (χ4n) is 4.29. The van der Waals surface area contributed by atoms with Gasteiger partial charge >= 0.3 is 6.09 Å². The predicted molar refractivity (Wildman–Crippen MR) is 130 cm³/mol. The zero-order valence-electron chi connectivity index (χ0n) is 19.3. The number of hydrogen-bond acceptors (Lipinski definition) is 4. The Labute approximate surface area is 203 Å². The summed E-state index contributed by atoms with van der Waals surface area (Å²) < 4.78 is 46.5. The molecule has 1 heterocycles. The maximum absolute atomic E-state index is 13.6. The summed E-state index contributed by atoms with van der Waals surface area (Å²) in [5.41, 5.74) is 0.156. The Morgan fingerprint density at radius 2 is 1.79 bits per heavy atom. The number of ether oxygens (including phenoxy) is 1. The first kappa shape index (κ1) is 25.6. The molecule has 6 nitrogen and oxygen atoms in total. The molecule has 0 spiro atoms. The summed E-state index contributed by atoms with van der Waals surface area (Å²) in [6.07, 6.45) is 1.53. The number of benzene rings is 2. The van der Waals surface area contributed by atoms with Gasteiger partial charge in [-0.25, -0.2) is 22.3 Å². The molecule has 9 heteroatoms. The van der Waals surface area contributed by atoms with Crippen LogP contribution >= 0.6 is 15.9 Å². The molecule has 33 heavy (non-hydrogen) atoms. The van der Waals surface area contributed by atoms with Crippen LogP contribution in [0.3, 0.4) is 0 Å². The van der Waals surface area contributed by atoms with E-state index in [1.165, 1.54) is 12.1 Å². The van der Waals surface area contributed by atoms with E-state index in [9.17, 15) is 17.6 Å². The Kier molecular flexibility index (Phi) is 7.55. The van der Waals surface area contributed by atoms with Crippen molar-refractivity contribution < 1.29 is 22.3 Å². The highest BCUT2D eigenvalue weighted by atomic mass is 79.9. The van der Waals surface area contributed by atoms with Gasteiger partial charge in [0.2, 0.25) is 10.0 Å². The van der Waals surface area contributed by atoms with Crippen LogP contribution in [0.2, 0.25) is 0 Å². The molecule has 2 aromatic rings. The zero-order chi connectivity index (χ0) is 24.4. The van der Waals surface area contributed by atoms with Crippen molar-refractivity contribution in [1.82, 2.24) is 9.62 Å². The SMILES string of the molecule is C[C@@H](c1ccc(Br)cc1)N1CC[C@](CC(C)(C)CNS(C)(=O)=O)(c2ccc(F)cc2)OC1=O. The number of hydrogen-bond donors (Lipinski definition) is 1. The van der Waals surface area contributed by atoms with Gasteiger partial charge in [-0.3, -0.25) is 0 Å². The lowest BCUT2D eigenvalue weighted by Gasteiger charge is -2.46. The van der Waals surface area contributed by atoms with Crippen molar-refractivity contribution in [2.75, 3.05) is 19.3 Å². The number of carbonyl (C=O) groups excluding carboxylic acids is 1. The molecule has 0 aromatic heterocycles. The molecule has 0 saturated carbocycles. The van der Waals surface area contributed by atoms with Crippen LogP contribution in [-0.2, 0) is 20.4 Å². The van der Waals surface area contributed by atoms with Gasteiger partial charge in [0.15, 0.2) is 0 Å². The van der Waals surface area contributed by atoms with Crippen molar-refractivity contribution in [3.63, 3.8) is 0 Å². The summed E-state index contributed by atoms with van der Waals surface area (Å²) in [4.78, 5) is 14.9. The molecule has 2 atom stereocenters. The maximum Gasteiger partial charge on any atom is 0.411 e. The second-order valence-electron chi connectivity index (χ2n) is 9.47. The van der Waals surface area contributed by atoms with E-state index in [-0.39, 0.29) is 18.4 Å². The molecule has 1 aliphatic rings. The second-order valence-corrected chi connectivity index (χ2v) is 12.2. The van der Waals surface area contributed by atoms with Crippen LogP contribution in [0.1, 0.15) is 50.8 Å². The van der Waals surface area contributed by atoms with Crippen LogP contribution in [0.25, 0.3) is 0 Å². The van der Waals surface area contributed by atoms with Crippen molar-refractivity contribution >= 4 is 32.0 Å². The van der Waals surface area contributed by atoms with Crippen molar-refractivity contribution in [3.8, 4) is 0 Å². The highest BCUT2D eigenvalue weighted by molar-refractivity contribution is 9.10. The summed E-state index contributed by atoms with van der Waals surface area (Å²) in [6.45, 7) is 6.42. The van der Waals surface area contributed by atoms with Crippen LogP contribution in [0, 0.1) is 11.2 Å². The average molecular weight is 541 g/mol. The lowest BCUT2D eigenvalue weighted by molar-refractivity contribution is -0.0819. The summed E-state index contributed by atoms with van der Waals surface area (Å²) in [6, 6.07) is 13.6. The minimum Gasteiger partial charge on any atom is -0.438 e. The van der Waals surface area contributed by atoms with E-state index in [4.69, 9.17) is 4.74 Å². The molecule has 1 saturated heterocycles. The third-order valence-electron chi connectivity index (χ3n) is 6.04. The zero-order valence-corrected chi connectivity index (χ0v) is 21.7. The average Bonchev–Trinajstić information content (AvgIpc) is 2.72. The minimum atomic E-state index is -3.37. The standard InChI is InChI=1S/C24H30BrFN2O4S/c1-17(18-5-9-20(25)10-6-18)28-14-13-24(32-22(28)29,19-7-11-21(26)12-8-19)15-23(2,3)16-27-33(4,30)31/h5-12,17,27H,13-16H2,1-4H3/t17-,24-/m0/s1. The largest absolute Gasteiger partial charge is 0.438 e. The number of amides is 1. The molecular weight excluding hydrogens is 511 g/mol. The molecule has 2 aromatic carbocycles. The number of carbonyl (C=O) groups is 1. The summed E-state index contributed by atoms with van der Waals surface area (Å²) in [5.74, 6) is -0.375. The van der Waals surface area contributed by atoms with E-state index in [0.717, 1.165) is 16.3 Å². The fourth-order valence-corrected chi connectivity index (χ4v) is 5.20. The number of sulfonamides is 1. The van der Waals surface area contributed by atoms with Gasteiger partial charge in [-0.1, -0.05) is 54.0 Å². The van der Waals surface area contributed by atoms with Gasteiger partial charge in [0, 0.05) is 24.0 Å². The van der Waals surface area contributed by atoms with Gasteiger partial charge in [0.25, 0.3) is 0 Å². The molecule has 0 radical (unpaired) electrons. The summed E-state index contributed by atoms with van der Waals surface area (Å²) in [7, 11) is -3.37. The predicted octanol–water partition coefficient (Wildman–Crippen LogP) is 5.35. The van der Waals surface area contributed by atoms with E-state index < -0.39 is 27.1 Å². The molecule has 3 rings (SSSR count). The number of rotatable bonds is 8. The molecule has 1 fully saturated rings. The third-order valence-corrected chi connectivity index (χ3v) is 7.24. The van der Waals surface area contributed by atoms with Crippen molar-refractivity contribution in [1.29, 1.82) is 0 Å². The lowest BCUT2D eigenvalue weighted by atomic mass is 9.74. The Morgan fingerprint density at radius 1 is 1.18 bits per heavy atom. The Balaban J connectivity index is 1.87. The highest BCUT2D eigenvalue weighted by Gasteiger charge is 2.46. The van der Waals surface area contributed by atoms with Gasteiger partial charge in [-0.05, 0) is 54.2 Å². The molecule has 1 N–H and O–H groups in total. The van der Waals surface area contributed by atoms with Crippen LogP contribution in [0.4, 0.5) is 9.18 Å². The van der Waals surface area contributed by atoms with Crippen LogP contribution in [0.15, 0.2) is 53.0 Å². The number of cyclic esters (lactones) is 1. The first-order valence-corrected chi connectivity index (χ1v) is 13.4. The van der Waals surface area contributed by atoms with Crippen molar-refractivity contribution in [3.05, 3.63) is 69.9 Å². The fraction of sp³-hybridized carbons (Fsp3) is 0.458. The van der Waals surface area contributed by atoms with Crippen LogP contribution in [-0.4, -0.2) is 38.8 Å². The van der Waals surface area contributed by atoms with E-state index in [0.29, 0.717) is 24.9 Å². The monoisotopic (exact) mass is 540 g/mol. The molecule has 180 valence electrons. The minimum absolute atomic E-state index is 0.184. The normalized spacial score (nSPS) is 20.4. The van der Waals surface area contributed by atoms with E-state index >= 15 is 0 Å². The number of nitrogens with one attached hydrogen (secondary N) is 1. The van der Waals surface area contributed by atoms with Crippen molar-refractivity contribution in [2.24, 2.45) is 5.41 Å². The lowest BCUT2D eigenvalue weighted by Crippen LogP contribution is -2.51. The van der Waals surface area contributed by atoms with Gasteiger partial charge in [0.05, 0.1) is 12.3 Å². The first-order chi connectivity index (χ1) is 15.3. The first-order valence-electron chi connectivity index (χ1n) is 10.8.